The van der Waals surface area contributed by atoms with Crippen molar-refractivity contribution in [3.05, 3.63) is 47.3 Å². The molecule has 5 heteroatoms. The van der Waals surface area contributed by atoms with E-state index in [0.29, 0.717) is 6.54 Å². The van der Waals surface area contributed by atoms with Crippen molar-refractivity contribution in [3.8, 4) is 0 Å². The first-order valence-electron chi connectivity index (χ1n) is 8.11. The van der Waals surface area contributed by atoms with Gasteiger partial charge in [0.1, 0.15) is 11.5 Å². The van der Waals surface area contributed by atoms with Crippen LogP contribution in [0.25, 0.3) is 0 Å². The van der Waals surface area contributed by atoms with E-state index in [0.717, 1.165) is 23.6 Å². The van der Waals surface area contributed by atoms with E-state index >= 15 is 0 Å². The van der Waals surface area contributed by atoms with Gasteiger partial charge in [-0.1, -0.05) is 37.1 Å². The van der Waals surface area contributed by atoms with Crippen molar-refractivity contribution in [3.63, 3.8) is 0 Å². The summed E-state index contributed by atoms with van der Waals surface area (Å²) in [6, 6.07) is 9.72. The Morgan fingerprint density at radius 2 is 2.00 bits per heavy atom. The monoisotopic (exact) mass is 315 g/mol. The maximum atomic E-state index is 12.2. The molecule has 2 aromatic rings. The summed E-state index contributed by atoms with van der Waals surface area (Å²) in [6.07, 6.45) is 4.78. The molecule has 0 atom stereocenters. The molecule has 124 valence electrons. The summed E-state index contributed by atoms with van der Waals surface area (Å²) < 4.78 is 5.01. The topological polar surface area (TPSA) is 58.4 Å². The lowest BCUT2D eigenvalue weighted by Crippen LogP contribution is -2.30. The third kappa shape index (κ3) is 5.43. The molecule has 0 fully saturated rings. The van der Waals surface area contributed by atoms with Gasteiger partial charge in [-0.3, -0.25) is 0 Å². The number of benzene rings is 1. The van der Waals surface area contributed by atoms with E-state index in [2.05, 4.69) is 29.5 Å². The molecule has 0 aliphatic rings. The van der Waals surface area contributed by atoms with E-state index in [4.69, 9.17) is 4.52 Å². The summed E-state index contributed by atoms with van der Waals surface area (Å²) in [5, 5.41) is 6.79. The number of carbonyl (C=O) groups excluding carboxylic acids is 1. The first-order valence-corrected chi connectivity index (χ1v) is 8.11. The van der Waals surface area contributed by atoms with E-state index in [1.807, 2.05) is 25.1 Å². The van der Waals surface area contributed by atoms with Gasteiger partial charge in [-0.05, 0) is 37.5 Å². The molecule has 1 N–H and O–H groups in total. The Bertz CT molecular complexity index is 619. The number of aryl methyl sites for hydroxylation is 2. The number of hydrogen-bond acceptors (Lipinski definition) is 3. The summed E-state index contributed by atoms with van der Waals surface area (Å²) in [5.74, 6) is 0.743. The lowest BCUT2D eigenvalue weighted by atomic mass is 10.1. The van der Waals surface area contributed by atoms with E-state index in [-0.39, 0.29) is 6.03 Å². The average molecular weight is 315 g/mol. The highest BCUT2D eigenvalue weighted by atomic mass is 16.5. The summed E-state index contributed by atoms with van der Waals surface area (Å²) in [5.41, 5.74) is 2.85. The van der Waals surface area contributed by atoms with E-state index in [1.165, 1.54) is 24.8 Å². The Morgan fingerprint density at radius 3 is 2.61 bits per heavy atom. The third-order valence-electron chi connectivity index (χ3n) is 3.70. The first-order chi connectivity index (χ1) is 11.1. The highest BCUT2D eigenvalue weighted by molar-refractivity contribution is 5.89. The van der Waals surface area contributed by atoms with Gasteiger partial charge < -0.3 is 14.7 Å². The summed E-state index contributed by atoms with van der Waals surface area (Å²) in [4.78, 5) is 13.8. The number of rotatable bonds is 7. The quantitative estimate of drug-likeness (QED) is 0.771. The number of amides is 2. The molecule has 23 heavy (non-hydrogen) atoms. The summed E-state index contributed by atoms with van der Waals surface area (Å²) >= 11 is 0. The van der Waals surface area contributed by atoms with Crippen LogP contribution < -0.4 is 5.32 Å². The Hall–Kier alpha value is -2.30. The standard InChI is InChI=1S/C18H25N3O2/c1-4-5-6-7-15-8-10-16(11-9-15)19-18(22)21(3)13-17-12-14(2)23-20-17/h8-12H,4-7,13H2,1-3H3,(H,19,22). The van der Waals surface area contributed by atoms with Crippen LogP contribution in [0.1, 0.15) is 43.2 Å². The molecule has 0 radical (unpaired) electrons. The fourth-order valence-corrected chi connectivity index (χ4v) is 2.36. The molecule has 2 rings (SSSR count). The minimum atomic E-state index is -0.163. The number of hydrogen-bond donors (Lipinski definition) is 1. The molecule has 0 spiro atoms. The molecule has 1 heterocycles. The Morgan fingerprint density at radius 1 is 1.26 bits per heavy atom. The molecule has 0 aliphatic carbocycles. The number of nitrogens with zero attached hydrogens (tertiary/aromatic N) is 2. The predicted molar refractivity (Wildman–Crippen MR) is 91.4 cm³/mol. The van der Waals surface area contributed by atoms with Crippen LogP contribution in [-0.2, 0) is 13.0 Å². The zero-order chi connectivity index (χ0) is 16.7. The van der Waals surface area contributed by atoms with Crippen LogP contribution >= 0.6 is 0 Å². The lowest BCUT2D eigenvalue weighted by Gasteiger charge is -2.16. The summed E-state index contributed by atoms with van der Waals surface area (Å²) in [7, 11) is 1.73. The fourth-order valence-electron chi connectivity index (χ4n) is 2.36. The number of anilines is 1. The SMILES string of the molecule is CCCCCc1ccc(NC(=O)N(C)Cc2cc(C)on2)cc1. The Kier molecular flexibility index (Phi) is 6.20. The molecule has 0 saturated carbocycles. The molecule has 0 saturated heterocycles. The van der Waals surface area contributed by atoms with Gasteiger partial charge >= 0.3 is 6.03 Å². The first kappa shape index (κ1) is 17.1. The van der Waals surface area contributed by atoms with Crippen LogP contribution in [0, 0.1) is 6.92 Å². The molecule has 0 unspecified atom stereocenters. The van der Waals surface area contributed by atoms with Crippen LogP contribution in [0.4, 0.5) is 10.5 Å². The molecule has 1 aromatic carbocycles. The van der Waals surface area contributed by atoms with Crippen molar-refractivity contribution in [2.24, 2.45) is 0 Å². The maximum absolute atomic E-state index is 12.2. The molecule has 0 aliphatic heterocycles. The normalized spacial score (nSPS) is 10.6. The second kappa shape index (κ2) is 8.36. The third-order valence-corrected chi connectivity index (χ3v) is 3.70. The minimum absolute atomic E-state index is 0.163. The number of unbranched alkanes of at least 4 members (excludes halogenated alkanes) is 2. The summed E-state index contributed by atoms with van der Waals surface area (Å²) in [6.45, 7) is 4.45. The van der Waals surface area contributed by atoms with E-state index < -0.39 is 0 Å². The van der Waals surface area contributed by atoms with Crippen molar-refractivity contribution < 1.29 is 9.32 Å². The Labute approximate surface area is 137 Å². The van der Waals surface area contributed by atoms with Gasteiger partial charge in [-0.15, -0.1) is 0 Å². The van der Waals surface area contributed by atoms with Gasteiger partial charge in [0.05, 0.1) is 6.54 Å². The second-order valence-electron chi connectivity index (χ2n) is 5.87. The van der Waals surface area contributed by atoms with E-state index in [1.54, 1.807) is 11.9 Å². The fraction of sp³-hybridized carbons (Fsp3) is 0.444. The predicted octanol–water partition coefficient (Wildman–Crippen LogP) is 4.38. The zero-order valence-corrected chi connectivity index (χ0v) is 14.1. The highest BCUT2D eigenvalue weighted by Gasteiger charge is 2.11. The zero-order valence-electron chi connectivity index (χ0n) is 14.1. The van der Waals surface area contributed by atoms with Crippen LogP contribution in [0.3, 0.4) is 0 Å². The van der Waals surface area contributed by atoms with Gasteiger partial charge in [-0.25, -0.2) is 4.79 Å². The number of urea groups is 1. The molecule has 0 bridgehead atoms. The van der Waals surface area contributed by atoms with E-state index in [9.17, 15) is 4.79 Å². The van der Waals surface area contributed by atoms with Gasteiger partial charge in [0, 0.05) is 18.8 Å². The van der Waals surface area contributed by atoms with Gasteiger partial charge in [0.2, 0.25) is 0 Å². The Balaban J connectivity index is 1.84. The van der Waals surface area contributed by atoms with Crippen LogP contribution in [0.15, 0.2) is 34.9 Å². The van der Waals surface area contributed by atoms with Crippen LogP contribution in [0.5, 0.6) is 0 Å². The lowest BCUT2D eigenvalue weighted by molar-refractivity contribution is 0.219. The van der Waals surface area contributed by atoms with Crippen LogP contribution in [0.2, 0.25) is 0 Å². The number of carbonyl (C=O) groups is 1. The average Bonchev–Trinajstić information content (AvgIpc) is 2.94. The smallest absolute Gasteiger partial charge is 0.321 e. The van der Waals surface area contributed by atoms with Gasteiger partial charge in [0.25, 0.3) is 0 Å². The van der Waals surface area contributed by atoms with Crippen molar-refractivity contribution >= 4 is 11.7 Å². The molecular weight excluding hydrogens is 290 g/mol. The molecular formula is C18H25N3O2. The highest BCUT2D eigenvalue weighted by Crippen LogP contribution is 2.13. The largest absolute Gasteiger partial charge is 0.361 e. The number of nitrogens with one attached hydrogen (secondary N) is 1. The molecule has 1 aromatic heterocycles. The number of aromatic nitrogens is 1. The molecule has 2 amide bonds. The van der Waals surface area contributed by atoms with Crippen molar-refractivity contribution in [2.75, 3.05) is 12.4 Å². The van der Waals surface area contributed by atoms with Crippen molar-refractivity contribution in [1.29, 1.82) is 0 Å². The van der Waals surface area contributed by atoms with Gasteiger partial charge in [-0.2, -0.15) is 0 Å². The van der Waals surface area contributed by atoms with Gasteiger partial charge in [0.15, 0.2) is 0 Å². The minimum Gasteiger partial charge on any atom is -0.361 e. The second-order valence-corrected chi connectivity index (χ2v) is 5.87. The van der Waals surface area contributed by atoms with Crippen molar-refractivity contribution in [1.82, 2.24) is 10.1 Å². The van der Waals surface area contributed by atoms with Crippen molar-refractivity contribution in [2.45, 2.75) is 46.1 Å². The van der Waals surface area contributed by atoms with Crippen LogP contribution in [-0.4, -0.2) is 23.1 Å². The molecule has 5 nitrogen and oxygen atoms in total. The maximum Gasteiger partial charge on any atom is 0.321 e.